The molecule has 0 aliphatic heterocycles. The fraction of sp³-hybridized carbons (Fsp3) is 0.278. The maximum atomic E-state index is 13.6. The number of nitrogens with zero attached hydrogens (tertiary/aromatic N) is 2. The van der Waals surface area contributed by atoms with E-state index >= 15 is 0 Å². The van der Waals surface area contributed by atoms with Crippen LogP contribution in [0.1, 0.15) is 26.3 Å². The van der Waals surface area contributed by atoms with Gasteiger partial charge in [-0.2, -0.15) is 0 Å². The number of hydrogen-bond acceptors (Lipinski definition) is 4. The predicted octanol–water partition coefficient (Wildman–Crippen LogP) is 1.44. The second kappa shape index (κ2) is 8.89. The molecule has 0 aliphatic rings. The van der Waals surface area contributed by atoms with E-state index in [1.807, 2.05) is 19.0 Å². The number of halogens is 1. The van der Waals surface area contributed by atoms with Crippen molar-refractivity contribution in [3.05, 3.63) is 65.2 Å². The van der Waals surface area contributed by atoms with Gasteiger partial charge in [0.05, 0.1) is 11.1 Å². The highest BCUT2D eigenvalue weighted by molar-refractivity contribution is 5.99. The van der Waals surface area contributed by atoms with E-state index in [1.54, 1.807) is 18.2 Å². The summed E-state index contributed by atoms with van der Waals surface area (Å²) in [5.41, 5.74) is 0.940. The van der Waals surface area contributed by atoms with Crippen molar-refractivity contribution >= 4 is 11.8 Å². The molecular formula is C18H21FN4O2. The highest BCUT2D eigenvalue weighted by Gasteiger charge is 2.12. The Labute approximate surface area is 146 Å². The van der Waals surface area contributed by atoms with Crippen LogP contribution in [0.5, 0.6) is 0 Å². The number of rotatable bonds is 7. The van der Waals surface area contributed by atoms with Gasteiger partial charge in [0, 0.05) is 37.6 Å². The molecule has 0 saturated carbocycles. The predicted molar refractivity (Wildman–Crippen MR) is 92.7 cm³/mol. The number of nitrogens with one attached hydrogen (secondary N) is 2. The molecule has 1 aromatic heterocycles. The van der Waals surface area contributed by atoms with Crippen molar-refractivity contribution < 1.29 is 14.0 Å². The van der Waals surface area contributed by atoms with Crippen LogP contribution in [0.2, 0.25) is 0 Å². The summed E-state index contributed by atoms with van der Waals surface area (Å²) in [6.45, 7) is 1.27. The monoisotopic (exact) mass is 344 g/mol. The lowest BCUT2D eigenvalue weighted by atomic mass is 10.1. The Balaban J connectivity index is 1.96. The van der Waals surface area contributed by atoms with E-state index < -0.39 is 5.91 Å². The average Bonchev–Trinajstić information content (AvgIpc) is 2.60. The molecule has 2 amide bonds. The number of benzene rings is 1. The number of carbonyl (C=O) groups is 2. The molecule has 2 aromatic rings. The lowest BCUT2D eigenvalue weighted by molar-refractivity contribution is 0.0950. The van der Waals surface area contributed by atoms with Gasteiger partial charge in [-0.1, -0.05) is 18.2 Å². The molecule has 1 aromatic carbocycles. The van der Waals surface area contributed by atoms with Crippen LogP contribution in [0, 0.1) is 5.82 Å². The standard InChI is InChI=1S/C18H21FN4O2/c1-23(2)8-7-21-17(24)14-9-15(11-20-10-14)18(25)22-12-13-5-3-4-6-16(13)19/h3-6,9-11H,7-8,12H2,1-2H3,(H,21,24)(H,22,25). The van der Waals surface area contributed by atoms with Gasteiger partial charge < -0.3 is 15.5 Å². The van der Waals surface area contributed by atoms with Gasteiger partial charge in [0.15, 0.2) is 0 Å². The Bertz CT molecular complexity index is 749. The first-order valence-electron chi connectivity index (χ1n) is 7.87. The van der Waals surface area contributed by atoms with Crippen molar-refractivity contribution in [3.63, 3.8) is 0 Å². The Morgan fingerprint density at radius 3 is 2.36 bits per heavy atom. The minimum atomic E-state index is -0.418. The molecular weight excluding hydrogens is 323 g/mol. The van der Waals surface area contributed by atoms with Gasteiger partial charge in [0.25, 0.3) is 11.8 Å². The molecule has 0 saturated heterocycles. The molecule has 1 heterocycles. The number of aromatic nitrogens is 1. The molecule has 6 nitrogen and oxygen atoms in total. The van der Waals surface area contributed by atoms with Crippen molar-refractivity contribution in [2.24, 2.45) is 0 Å². The molecule has 0 unspecified atom stereocenters. The highest BCUT2D eigenvalue weighted by Crippen LogP contribution is 2.07. The maximum Gasteiger partial charge on any atom is 0.253 e. The van der Waals surface area contributed by atoms with Gasteiger partial charge in [0.2, 0.25) is 0 Å². The van der Waals surface area contributed by atoms with Gasteiger partial charge in [-0.25, -0.2) is 4.39 Å². The Hall–Kier alpha value is -2.80. The van der Waals surface area contributed by atoms with Gasteiger partial charge in [-0.3, -0.25) is 14.6 Å². The average molecular weight is 344 g/mol. The quantitative estimate of drug-likeness (QED) is 0.797. The SMILES string of the molecule is CN(C)CCNC(=O)c1cncc(C(=O)NCc2ccccc2F)c1. The summed E-state index contributed by atoms with van der Waals surface area (Å²) >= 11 is 0. The topological polar surface area (TPSA) is 74.3 Å². The summed E-state index contributed by atoms with van der Waals surface area (Å²) in [4.78, 5) is 30.2. The molecule has 7 heteroatoms. The highest BCUT2D eigenvalue weighted by atomic mass is 19.1. The van der Waals surface area contributed by atoms with Crippen LogP contribution >= 0.6 is 0 Å². The molecule has 0 atom stereocenters. The summed E-state index contributed by atoms with van der Waals surface area (Å²) in [6, 6.07) is 7.69. The van der Waals surface area contributed by atoms with Crippen molar-refractivity contribution in [2.45, 2.75) is 6.54 Å². The molecule has 2 N–H and O–H groups in total. The van der Waals surface area contributed by atoms with Crippen LogP contribution in [0.15, 0.2) is 42.7 Å². The molecule has 0 spiro atoms. The fourth-order valence-electron chi connectivity index (χ4n) is 2.10. The third-order valence-corrected chi connectivity index (χ3v) is 3.50. The van der Waals surface area contributed by atoms with Crippen molar-refractivity contribution in [1.82, 2.24) is 20.5 Å². The van der Waals surface area contributed by atoms with E-state index in [4.69, 9.17) is 0 Å². The lowest BCUT2D eigenvalue weighted by Crippen LogP contribution is -2.31. The summed E-state index contributed by atoms with van der Waals surface area (Å²) in [5.74, 6) is -1.09. The van der Waals surface area contributed by atoms with Crippen LogP contribution < -0.4 is 10.6 Å². The first kappa shape index (κ1) is 18.5. The normalized spacial score (nSPS) is 10.6. The van der Waals surface area contributed by atoms with Crippen LogP contribution in [0.3, 0.4) is 0 Å². The van der Waals surface area contributed by atoms with Crippen LogP contribution in [-0.4, -0.2) is 48.9 Å². The number of hydrogen-bond donors (Lipinski definition) is 2. The summed E-state index contributed by atoms with van der Waals surface area (Å²) in [7, 11) is 3.82. The second-order valence-electron chi connectivity index (χ2n) is 5.80. The largest absolute Gasteiger partial charge is 0.351 e. The van der Waals surface area contributed by atoms with E-state index in [-0.39, 0.29) is 23.8 Å². The van der Waals surface area contributed by atoms with Gasteiger partial charge in [-0.15, -0.1) is 0 Å². The number of pyridine rings is 1. The van der Waals surface area contributed by atoms with Crippen molar-refractivity contribution in [1.29, 1.82) is 0 Å². The van der Waals surface area contributed by atoms with E-state index in [0.29, 0.717) is 24.2 Å². The molecule has 2 rings (SSSR count). The van der Waals surface area contributed by atoms with Crippen LogP contribution in [-0.2, 0) is 6.54 Å². The molecule has 0 fully saturated rings. The van der Waals surface area contributed by atoms with Crippen LogP contribution in [0.4, 0.5) is 4.39 Å². The second-order valence-corrected chi connectivity index (χ2v) is 5.80. The van der Waals surface area contributed by atoms with Crippen molar-refractivity contribution in [3.8, 4) is 0 Å². The molecule has 0 aliphatic carbocycles. The molecule has 0 bridgehead atoms. The molecule has 25 heavy (non-hydrogen) atoms. The minimum absolute atomic E-state index is 0.0603. The first-order valence-corrected chi connectivity index (χ1v) is 7.87. The lowest BCUT2D eigenvalue weighted by Gasteiger charge is -2.11. The van der Waals surface area contributed by atoms with E-state index in [0.717, 1.165) is 0 Å². The number of carbonyl (C=O) groups excluding carboxylic acids is 2. The molecule has 0 radical (unpaired) electrons. The van der Waals surface area contributed by atoms with Crippen LogP contribution in [0.25, 0.3) is 0 Å². The third kappa shape index (κ3) is 5.65. The summed E-state index contributed by atoms with van der Waals surface area (Å²) in [5, 5.41) is 5.38. The maximum absolute atomic E-state index is 13.6. The van der Waals surface area contributed by atoms with Crippen molar-refractivity contribution in [2.75, 3.05) is 27.2 Å². The van der Waals surface area contributed by atoms with E-state index in [9.17, 15) is 14.0 Å². The summed E-state index contributed by atoms with van der Waals surface area (Å²) in [6.07, 6.45) is 2.77. The zero-order valence-corrected chi connectivity index (χ0v) is 14.3. The first-order chi connectivity index (χ1) is 12.0. The number of amides is 2. The minimum Gasteiger partial charge on any atom is -0.351 e. The van der Waals surface area contributed by atoms with E-state index in [2.05, 4.69) is 15.6 Å². The fourth-order valence-corrected chi connectivity index (χ4v) is 2.10. The summed E-state index contributed by atoms with van der Waals surface area (Å²) < 4.78 is 13.6. The Morgan fingerprint density at radius 2 is 1.72 bits per heavy atom. The van der Waals surface area contributed by atoms with E-state index in [1.165, 1.54) is 24.5 Å². The smallest absolute Gasteiger partial charge is 0.253 e. The zero-order valence-electron chi connectivity index (χ0n) is 14.3. The Kier molecular flexibility index (Phi) is 6.59. The Morgan fingerprint density at radius 1 is 1.08 bits per heavy atom. The number of likely N-dealkylation sites (N-methyl/N-ethyl adjacent to an activating group) is 1. The zero-order chi connectivity index (χ0) is 18.2. The third-order valence-electron chi connectivity index (χ3n) is 3.50. The van der Waals surface area contributed by atoms with Gasteiger partial charge in [-0.05, 0) is 26.2 Å². The van der Waals surface area contributed by atoms with Gasteiger partial charge >= 0.3 is 0 Å². The van der Waals surface area contributed by atoms with Gasteiger partial charge in [0.1, 0.15) is 5.82 Å². The molecule has 132 valence electrons.